The number of fused-ring (bicyclic) bond motifs is 1. The summed E-state index contributed by atoms with van der Waals surface area (Å²) in [6.45, 7) is 0. The van der Waals surface area contributed by atoms with Gasteiger partial charge in [0, 0.05) is 29.0 Å². The second kappa shape index (κ2) is 8.19. The van der Waals surface area contributed by atoms with E-state index in [1.165, 1.54) is 0 Å². The van der Waals surface area contributed by atoms with Crippen LogP contribution in [0, 0.1) is 0 Å². The molecule has 2 heterocycles. The fourth-order valence-corrected chi connectivity index (χ4v) is 4.60. The second-order valence-electron chi connectivity index (χ2n) is 8.60. The summed E-state index contributed by atoms with van der Waals surface area (Å²) in [5.41, 5.74) is 6.86. The van der Waals surface area contributed by atoms with Gasteiger partial charge in [0.25, 0.3) is 0 Å². The molecule has 0 amide bonds. The minimum absolute atomic E-state index is 0.346. The van der Waals surface area contributed by atoms with Crippen LogP contribution in [0.3, 0.4) is 0 Å². The molecule has 1 saturated carbocycles. The summed E-state index contributed by atoms with van der Waals surface area (Å²) in [4.78, 5) is 17.3. The highest BCUT2D eigenvalue weighted by atomic mass is 16.4. The summed E-state index contributed by atoms with van der Waals surface area (Å²) in [5, 5.41) is 25.2. The molecule has 0 spiro atoms. The number of tetrazole rings is 1. The molecule has 0 saturated heterocycles. The van der Waals surface area contributed by atoms with Gasteiger partial charge in [-0.3, -0.25) is 4.98 Å². The van der Waals surface area contributed by atoms with Crippen molar-refractivity contribution in [1.82, 2.24) is 25.6 Å². The Morgan fingerprint density at radius 2 is 1.68 bits per heavy atom. The lowest BCUT2D eigenvalue weighted by Gasteiger charge is -2.15. The molecule has 166 valence electrons. The van der Waals surface area contributed by atoms with Crippen LogP contribution in [-0.2, 0) is 6.42 Å². The van der Waals surface area contributed by atoms with Crippen LogP contribution in [0.25, 0.3) is 33.4 Å². The largest absolute Gasteiger partial charge is 0.478 e. The smallest absolute Gasteiger partial charge is 0.336 e. The predicted molar refractivity (Wildman–Crippen MR) is 129 cm³/mol. The molecule has 1 aliphatic rings. The summed E-state index contributed by atoms with van der Waals surface area (Å²) < 4.78 is 0. The average molecular weight is 447 g/mol. The van der Waals surface area contributed by atoms with Crippen molar-refractivity contribution in [1.29, 1.82) is 0 Å². The van der Waals surface area contributed by atoms with E-state index >= 15 is 0 Å². The normalized spacial score (nSPS) is 13.3. The number of hydrogen-bond acceptors (Lipinski definition) is 5. The molecule has 0 aliphatic heterocycles. The third-order valence-electron chi connectivity index (χ3n) is 6.36. The zero-order chi connectivity index (χ0) is 23.1. The summed E-state index contributed by atoms with van der Waals surface area (Å²) in [7, 11) is 0. The number of para-hydroxylation sites is 1. The van der Waals surface area contributed by atoms with E-state index in [0.29, 0.717) is 29.1 Å². The number of rotatable bonds is 6. The lowest BCUT2D eigenvalue weighted by molar-refractivity contribution is 0.0698. The molecule has 2 N–H and O–H groups in total. The topological polar surface area (TPSA) is 105 Å². The first kappa shape index (κ1) is 20.2. The lowest BCUT2D eigenvalue weighted by Crippen LogP contribution is -2.10. The minimum Gasteiger partial charge on any atom is -0.478 e. The van der Waals surface area contributed by atoms with E-state index in [0.717, 1.165) is 51.9 Å². The van der Waals surface area contributed by atoms with Crippen molar-refractivity contribution in [3.63, 3.8) is 0 Å². The van der Waals surface area contributed by atoms with Crippen LogP contribution in [0.5, 0.6) is 0 Å². The van der Waals surface area contributed by atoms with Crippen LogP contribution in [0.15, 0.2) is 72.8 Å². The monoisotopic (exact) mass is 447 g/mol. The Hall–Kier alpha value is -4.39. The van der Waals surface area contributed by atoms with Crippen molar-refractivity contribution in [2.75, 3.05) is 0 Å². The molecule has 1 aliphatic carbocycles. The van der Waals surface area contributed by atoms with Gasteiger partial charge in [-0.25, -0.2) is 4.79 Å². The van der Waals surface area contributed by atoms with E-state index in [9.17, 15) is 9.90 Å². The number of carboxylic acid groups (broad SMARTS) is 1. The SMILES string of the molecule is O=C(O)c1c(Cc2ccc(-c3ccccc3-c3nn[nH]n3)cc2)c(C2CC2)nc2ccccc12. The molecular weight excluding hydrogens is 426 g/mol. The Morgan fingerprint density at radius 3 is 2.38 bits per heavy atom. The van der Waals surface area contributed by atoms with Crippen LogP contribution >= 0.6 is 0 Å². The summed E-state index contributed by atoms with van der Waals surface area (Å²) in [5.74, 6) is -0.0120. The number of aromatic nitrogens is 5. The third kappa shape index (κ3) is 3.61. The summed E-state index contributed by atoms with van der Waals surface area (Å²) in [6.07, 6.45) is 2.64. The quantitative estimate of drug-likeness (QED) is 0.368. The third-order valence-corrected chi connectivity index (χ3v) is 6.36. The number of carbonyl (C=O) groups is 1. The van der Waals surface area contributed by atoms with Crippen molar-refractivity contribution >= 4 is 16.9 Å². The number of nitrogens with one attached hydrogen (secondary N) is 1. The molecule has 0 radical (unpaired) electrons. The summed E-state index contributed by atoms with van der Waals surface area (Å²) >= 11 is 0. The maximum atomic E-state index is 12.4. The van der Waals surface area contributed by atoms with Crippen LogP contribution in [0.4, 0.5) is 0 Å². The molecule has 7 heteroatoms. The maximum Gasteiger partial charge on any atom is 0.336 e. The Balaban J connectivity index is 1.40. The molecule has 1 fully saturated rings. The molecule has 2 aromatic heterocycles. The number of nitrogens with zero attached hydrogens (tertiary/aromatic N) is 4. The van der Waals surface area contributed by atoms with Gasteiger partial charge in [-0.15, -0.1) is 10.2 Å². The molecule has 3 aromatic carbocycles. The highest BCUT2D eigenvalue weighted by molar-refractivity contribution is 6.04. The van der Waals surface area contributed by atoms with Gasteiger partial charge in [-0.2, -0.15) is 5.21 Å². The van der Waals surface area contributed by atoms with Gasteiger partial charge < -0.3 is 5.11 Å². The fourth-order valence-electron chi connectivity index (χ4n) is 4.60. The Labute approximate surface area is 195 Å². The zero-order valence-electron chi connectivity index (χ0n) is 18.3. The van der Waals surface area contributed by atoms with Gasteiger partial charge in [0.2, 0.25) is 5.82 Å². The average Bonchev–Trinajstić information content (AvgIpc) is 3.57. The number of benzene rings is 3. The number of hydrogen-bond donors (Lipinski definition) is 2. The van der Waals surface area contributed by atoms with E-state index in [-0.39, 0.29) is 0 Å². The Morgan fingerprint density at radius 1 is 0.941 bits per heavy atom. The molecule has 0 atom stereocenters. The maximum absolute atomic E-state index is 12.4. The van der Waals surface area contributed by atoms with E-state index in [2.05, 4.69) is 44.9 Å². The standard InChI is InChI=1S/C27H21N5O2/c33-27(34)24-21-7-3-4-8-23(21)28-25(18-13-14-18)22(24)15-16-9-11-17(12-10-16)19-5-1-2-6-20(19)26-29-31-32-30-26/h1-12,18H,13-15H2,(H,33,34)(H,29,30,31,32). The van der Waals surface area contributed by atoms with Crippen LogP contribution in [0.1, 0.15) is 45.9 Å². The Kier molecular flexibility index (Phi) is 4.87. The summed E-state index contributed by atoms with van der Waals surface area (Å²) in [6, 6.07) is 23.7. The van der Waals surface area contributed by atoms with Gasteiger partial charge in [0.05, 0.1) is 11.1 Å². The minimum atomic E-state index is -0.902. The highest BCUT2D eigenvalue weighted by Gasteiger charge is 2.31. The molecule has 6 rings (SSSR count). The van der Waals surface area contributed by atoms with Crippen molar-refractivity contribution in [3.8, 4) is 22.5 Å². The first-order valence-electron chi connectivity index (χ1n) is 11.3. The van der Waals surface area contributed by atoms with E-state index < -0.39 is 5.97 Å². The number of aromatic carboxylic acids is 1. The second-order valence-corrected chi connectivity index (χ2v) is 8.60. The number of carboxylic acids is 1. The first-order chi connectivity index (χ1) is 16.7. The van der Waals surface area contributed by atoms with Crippen LogP contribution in [-0.4, -0.2) is 36.7 Å². The van der Waals surface area contributed by atoms with Crippen LogP contribution < -0.4 is 0 Å². The number of pyridine rings is 1. The lowest BCUT2D eigenvalue weighted by atomic mass is 9.92. The van der Waals surface area contributed by atoms with E-state index in [4.69, 9.17) is 4.98 Å². The molecule has 34 heavy (non-hydrogen) atoms. The molecule has 7 nitrogen and oxygen atoms in total. The van der Waals surface area contributed by atoms with Gasteiger partial charge in [-0.1, -0.05) is 66.7 Å². The van der Waals surface area contributed by atoms with Crippen molar-refractivity contribution in [2.24, 2.45) is 0 Å². The predicted octanol–water partition coefficient (Wildman–Crippen LogP) is 5.25. The number of H-pyrrole nitrogens is 1. The van der Waals surface area contributed by atoms with Crippen LogP contribution in [0.2, 0.25) is 0 Å². The van der Waals surface area contributed by atoms with Crippen molar-refractivity contribution in [2.45, 2.75) is 25.2 Å². The van der Waals surface area contributed by atoms with E-state index in [1.54, 1.807) is 0 Å². The molecular formula is C27H21N5O2. The van der Waals surface area contributed by atoms with Crippen molar-refractivity contribution in [3.05, 3.63) is 95.2 Å². The van der Waals surface area contributed by atoms with Gasteiger partial charge in [0.15, 0.2) is 0 Å². The molecule has 0 bridgehead atoms. The van der Waals surface area contributed by atoms with Gasteiger partial charge in [-0.05, 0) is 46.4 Å². The van der Waals surface area contributed by atoms with Gasteiger partial charge >= 0.3 is 5.97 Å². The van der Waals surface area contributed by atoms with E-state index in [1.807, 2.05) is 48.5 Å². The fraction of sp³-hybridized carbons (Fsp3) is 0.148. The number of aromatic amines is 1. The Bertz CT molecular complexity index is 1510. The highest BCUT2D eigenvalue weighted by Crippen LogP contribution is 2.43. The molecule has 5 aromatic rings. The van der Waals surface area contributed by atoms with Crippen molar-refractivity contribution < 1.29 is 9.90 Å². The molecule has 0 unspecified atom stereocenters. The first-order valence-corrected chi connectivity index (χ1v) is 11.3. The zero-order valence-corrected chi connectivity index (χ0v) is 18.3. The van der Waals surface area contributed by atoms with Gasteiger partial charge in [0.1, 0.15) is 0 Å².